The van der Waals surface area contributed by atoms with E-state index in [9.17, 15) is 8.42 Å². The number of hydrogen-bond acceptors (Lipinski definition) is 3. The maximum atomic E-state index is 12.0. The molecule has 0 aliphatic rings. The van der Waals surface area contributed by atoms with Gasteiger partial charge in [-0.05, 0) is 24.3 Å². The molecule has 0 radical (unpaired) electrons. The van der Waals surface area contributed by atoms with Crippen molar-refractivity contribution in [1.82, 2.24) is 9.29 Å². The van der Waals surface area contributed by atoms with Crippen LogP contribution in [-0.4, -0.2) is 31.2 Å². The smallest absolute Gasteiger partial charge is 0.242 e. The van der Waals surface area contributed by atoms with Crippen LogP contribution in [0.3, 0.4) is 0 Å². The zero-order chi connectivity index (χ0) is 13.8. The first-order valence-corrected chi connectivity index (χ1v) is 7.48. The number of nitrogens with zero attached hydrogens (tertiary/aromatic N) is 1. The maximum absolute atomic E-state index is 12.0. The van der Waals surface area contributed by atoms with E-state index in [0.29, 0.717) is 13.0 Å². The zero-order valence-electron chi connectivity index (χ0n) is 11.2. The third kappa shape index (κ3) is 4.44. The van der Waals surface area contributed by atoms with E-state index in [4.69, 9.17) is 5.11 Å². The Bertz CT molecular complexity index is 477. The highest BCUT2D eigenvalue weighted by Crippen LogP contribution is 2.21. The fourth-order valence-corrected chi connectivity index (χ4v) is 2.95. The van der Waals surface area contributed by atoms with Crippen LogP contribution in [0.25, 0.3) is 0 Å². The van der Waals surface area contributed by atoms with Crippen LogP contribution >= 0.6 is 0 Å². The summed E-state index contributed by atoms with van der Waals surface area (Å²) in [5, 5.41) is 8.80. The van der Waals surface area contributed by atoms with Crippen molar-refractivity contribution >= 4 is 10.0 Å². The minimum absolute atomic E-state index is 0.134. The first-order valence-electron chi connectivity index (χ1n) is 5.99. The molecule has 0 fully saturated rings. The van der Waals surface area contributed by atoms with Crippen molar-refractivity contribution in [2.75, 3.05) is 13.2 Å². The molecular formula is C12H22N2O3S. The predicted molar refractivity (Wildman–Crippen MR) is 70.7 cm³/mol. The van der Waals surface area contributed by atoms with Crippen LogP contribution in [0.5, 0.6) is 0 Å². The lowest BCUT2D eigenvalue weighted by atomic mass is 9.88. The van der Waals surface area contributed by atoms with Crippen molar-refractivity contribution in [3.63, 3.8) is 0 Å². The highest BCUT2D eigenvalue weighted by atomic mass is 32.2. The largest absolute Gasteiger partial charge is 0.396 e. The molecule has 1 aromatic heterocycles. The van der Waals surface area contributed by atoms with Gasteiger partial charge in [-0.25, -0.2) is 13.1 Å². The minimum Gasteiger partial charge on any atom is -0.396 e. The van der Waals surface area contributed by atoms with Gasteiger partial charge in [0.15, 0.2) is 0 Å². The zero-order valence-corrected chi connectivity index (χ0v) is 12.0. The van der Waals surface area contributed by atoms with Crippen LogP contribution in [0, 0.1) is 5.41 Å². The van der Waals surface area contributed by atoms with E-state index in [-0.39, 0.29) is 16.9 Å². The van der Waals surface area contributed by atoms with E-state index >= 15 is 0 Å². The van der Waals surface area contributed by atoms with E-state index in [1.54, 1.807) is 30.1 Å². The molecule has 0 saturated heterocycles. The highest BCUT2D eigenvalue weighted by molar-refractivity contribution is 7.89. The Hall–Kier alpha value is -0.850. The van der Waals surface area contributed by atoms with Crippen molar-refractivity contribution in [3.8, 4) is 0 Å². The maximum Gasteiger partial charge on any atom is 0.242 e. The van der Waals surface area contributed by atoms with Crippen LogP contribution in [0.4, 0.5) is 0 Å². The molecule has 5 nitrogen and oxygen atoms in total. The summed E-state index contributed by atoms with van der Waals surface area (Å²) in [6, 6.07) is 1.57. The summed E-state index contributed by atoms with van der Waals surface area (Å²) in [7, 11) is -1.65. The number of sulfonamides is 1. The molecule has 1 aromatic rings. The molecule has 6 heteroatoms. The molecule has 0 spiro atoms. The van der Waals surface area contributed by atoms with E-state index in [1.165, 1.54) is 0 Å². The van der Waals surface area contributed by atoms with Crippen molar-refractivity contribution < 1.29 is 13.5 Å². The molecule has 0 atom stereocenters. The van der Waals surface area contributed by atoms with Crippen molar-refractivity contribution in [1.29, 1.82) is 0 Å². The first-order chi connectivity index (χ1) is 8.27. The number of aromatic nitrogens is 1. The van der Waals surface area contributed by atoms with Crippen molar-refractivity contribution in [3.05, 3.63) is 18.5 Å². The van der Waals surface area contributed by atoms with E-state index in [1.807, 2.05) is 13.8 Å². The number of aliphatic hydroxyl groups is 1. The minimum atomic E-state index is -3.43. The average molecular weight is 274 g/mol. The molecule has 0 unspecified atom stereocenters. The van der Waals surface area contributed by atoms with Gasteiger partial charge in [-0.3, -0.25) is 0 Å². The van der Waals surface area contributed by atoms with Gasteiger partial charge in [0.1, 0.15) is 0 Å². The van der Waals surface area contributed by atoms with Crippen LogP contribution < -0.4 is 4.72 Å². The molecule has 18 heavy (non-hydrogen) atoms. The second kappa shape index (κ2) is 5.86. The Morgan fingerprint density at radius 2 is 2.11 bits per heavy atom. The number of nitrogens with one attached hydrogen (secondary N) is 1. The normalized spacial score (nSPS) is 12.9. The number of hydrogen-bond donors (Lipinski definition) is 2. The molecular weight excluding hydrogens is 252 g/mol. The number of aryl methyl sites for hydroxylation is 1. The van der Waals surface area contributed by atoms with Crippen molar-refractivity contribution in [2.45, 2.75) is 31.6 Å². The molecule has 0 aromatic carbocycles. The van der Waals surface area contributed by atoms with Gasteiger partial charge in [0.25, 0.3) is 0 Å². The summed E-state index contributed by atoms with van der Waals surface area (Å²) in [5.41, 5.74) is -0.162. The SMILES string of the molecule is Cn1ccc(S(=O)(=O)NCC(C)(C)CCCO)c1. The number of aliphatic hydroxyl groups excluding tert-OH is 1. The van der Waals surface area contributed by atoms with Gasteiger partial charge >= 0.3 is 0 Å². The van der Waals surface area contributed by atoms with Crippen LogP contribution in [0.2, 0.25) is 0 Å². The Morgan fingerprint density at radius 1 is 1.44 bits per heavy atom. The Morgan fingerprint density at radius 3 is 2.61 bits per heavy atom. The van der Waals surface area contributed by atoms with E-state index in [2.05, 4.69) is 4.72 Å². The molecule has 1 rings (SSSR count). The molecule has 0 saturated carbocycles. The lowest BCUT2D eigenvalue weighted by Crippen LogP contribution is -2.34. The highest BCUT2D eigenvalue weighted by Gasteiger charge is 2.22. The third-order valence-corrected chi connectivity index (χ3v) is 4.25. The summed E-state index contributed by atoms with van der Waals surface area (Å²) in [6.07, 6.45) is 4.73. The second-order valence-electron chi connectivity index (χ2n) is 5.33. The summed E-state index contributed by atoms with van der Waals surface area (Å²) in [5.74, 6) is 0. The van der Waals surface area contributed by atoms with Gasteiger partial charge in [-0.2, -0.15) is 0 Å². The van der Waals surface area contributed by atoms with Crippen LogP contribution in [0.15, 0.2) is 23.4 Å². The standard InChI is InChI=1S/C12H22N2O3S/c1-12(2,6-4-8-15)10-13-18(16,17)11-5-7-14(3)9-11/h5,7,9,13,15H,4,6,8,10H2,1-3H3. The first kappa shape index (κ1) is 15.2. The topological polar surface area (TPSA) is 71.3 Å². The fourth-order valence-electron chi connectivity index (χ4n) is 1.66. The molecule has 0 aliphatic heterocycles. The third-order valence-electron chi connectivity index (χ3n) is 2.87. The molecule has 0 bridgehead atoms. The van der Waals surface area contributed by atoms with Crippen molar-refractivity contribution in [2.24, 2.45) is 12.5 Å². The van der Waals surface area contributed by atoms with Gasteiger partial charge in [0.2, 0.25) is 10.0 Å². The van der Waals surface area contributed by atoms with Gasteiger partial charge in [0, 0.05) is 32.6 Å². The predicted octanol–water partition coefficient (Wildman–Crippen LogP) is 1.10. The molecule has 1 heterocycles. The second-order valence-corrected chi connectivity index (χ2v) is 7.10. The summed E-state index contributed by atoms with van der Waals surface area (Å²) in [4.78, 5) is 0.281. The molecule has 104 valence electrons. The van der Waals surface area contributed by atoms with E-state index < -0.39 is 10.0 Å². The van der Waals surface area contributed by atoms with Crippen LogP contribution in [-0.2, 0) is 17.1 Å². The Balaban J connectivity index is 2.62. The van der Waals surface area contributed by atoms with Gasteiger partial charge < -0.3 is 9.67 Å². The lowest BCUT2D eigenvalue weighted by Gasteiger charge is -2.24. The summed E-state index contributed by atoms with van der Waals surface area (Å²) in [6.45, 7) is 4.46. The molecule has 0 amide bonds. The van der Waals surface area contributed by atoms with Crippen LogP contribution in [0.1, 0.15) is 26.7 Å². The Kier molecular flexibility index (Phi) is 4.95. The monoisotopic (exact) mass is 274 g/mol. The van der Waals surface area contributed by atoms with Gasteiger partial charge in [0.05, 0.1) is 4.90 Å². The summed E-state index contributed by atoms with van der Waals surface area (Å²) < 4.78 is 28.3. The average Bonchev–Trinajstić information content (AvgIpc) is 2.72. The lowest BCUT2D eigenvalue weighted by molar-refractivity contribution is 0.242. The van der Waals surface area contributed by atoms with Gasteiger partial charge in [-0.15, -0.1) is 0 Å². The van der Waals surface area contributed by atoms with E-state index in [0.717, 1.165) is 6.42 Å². The van der Waals surface area contributed by atoms with Gasteiger partial charge in [-0.1, -0.05) is 13.8 Å². The Labute approximate surface area is 109 Å². The quantitative estimate of drug-likeness (QED) is 0.782. The molecule has 2 N–H and O–H groups in total. The fraction of sp³-hybridized carbons (Fsp3) is 0.667. The summed E-state index contributed by atoms with van der Waals surface area (Å²) >= 11 is 0. The number of rotatable bonds is 7. The molecule has 0 aliphatic carbocycles.